The number of hydrogen-bond acceptors (Lipinski definition) is 2. The van der Waals surface area contributed by atoms with Crippen molar-refractivity contribution in [1.29, 1.82) is 0 Å². The van der Waals surface area contributed by atoms with Crippen LogP contribution in [0.25, 0.3) is 0 Å². The van der Waals surface area contributed by atoms with E-state index >= 15 is 0 Å². The molecule has 0 aliphatic heterocycles. The Morgan fingerprint density at radius 2 is 1.09 bits per heavy atom. The zero-order valence-corrected chi connectivity index (χ0v) is 15.2. The smallest absolute Gasteiger partial charge is 0.0154 e. The van der Waals surface area contributed by atoms with Gasteiger partial charge in [-0.1, -0.05) is 52.0 Å². The van der Waals surface area contributed by atoms with Gasteiger partial charge in [-0.15, -0.1) is 0 Å². The average molecular weight is 327 g/mol. The van der Waals surface area contributed by atoms with E-state index in [0.717, 1.165) is 0 Å². The molecule has 3 rings (SSSR count). The number of thiophene rings is 2. The van der Waals surface area contributed by atoms with Crippen molar-refractivity contribution < 1.29 is 0 Å². The molecule has 0 amide bonds. The largest absolute Gasteiger partial charge is 0.152 e. The van der Waals surface area contributed by atoms with Crippen molar-refractivity contribution in [2.75, 3.05) is 0 Å². The summed E-state index contributed by atoms with van der Waals surface area (Å²) in [4.78, 5) is 0. The molecule has 0 saturated heterocycles. The topological polar surface area (TPSA) is 0 Å². The minimum atomic E-state index is 0.0424. The molecular weight excluding hydrogens is 304 g/mol. The van der Waals surface area contributed by atoms with E-state index < -0.39 is 0 Å². The van der Waals surface area contributed by atoms with E-state index in [2.05, 4.69) is 85.6 Å². The van der Waals surface area contributed by atoms with Gasteiger partial charge in [0.15, 0.2) is 0 Å². The molecular formula is C20H22S2. The van der Waals surface area contributed by atoms with Crippen molar-refractivity contribution in [3.63, 3.8) is 0 Å². The maximum atomic E-state index is 2.38. The van der Waals surface area contributed by atoms with Gasteiger partial charge >= 0.3 is 0 Å². The first-order valence-corrected chi connectivity index (χ1v) is 9.47. The second kappa shape index (κ2) is 5.68. The Balaban J connectivity index is 2.04. The molecule has 0 saturated carbocycles. The number of hydrogen-bond donors (Lipinski definition) is 0. The molecule has 0 atom stereocenters. The van der Waals surface area contributed by atoms with Gasteiger partial charge in [-0.2, -0.15) is 22.7 Å². The van der Waals surface area contributed by atoms with E-state index in [1.54, 1.807) is 22.7 Å². The highest BCUT2D eigenvalue weighted by Gasteiger charge is 2.28. The predicted octanol–water partition coefficient (Wildman–Crippen LogP) is 6.46. The van der Waals surface area contributed by atoms with Crippen LogP contribution in [-0.4, -0.2) is 0 Å². The highest BCUT2D eigenvalue weighted by molar-refractivity contribution is 7.08. The molecule has 2 heteroatoms. The number of rotatable bonds is 4. The molecule has 0 radical (unpaired) electrons. The third-order valence-electron chi connectivity index (χ3n) is 4.79. The standard InChI is InChI=1S/C20H22S2/c1-19(2,17-8-10-21-13-17)15-6-5-7-16(12-15)20(3,4)18-9-11-22-14-18/h5-14H,1-4H3. The van der Waals surface area contributed by atoms with Gasteiger partial charge < -0.3 is 0 Å². The summed E-state index contributed by atoms with van der Waals surface area (Å²) in [6.07, 6.45) is 0. The zero-order chi connectivity index (χ0) is 15.8. The molecule has 0 N–H and O–H groups in total. The van der Waals surface area contributed by atoms with E-state index in [-0.39, 0.29) is 10.8 Å². The second-order valence-electron chi connectivity index (χ2n) is 6.85. The van der Waals surface area contributed by atoms with Crippen molar-refractivity contribution in [2.45, 2.75) is 38.5 Å². The highest BCUT2D eigenvalue weighted by atomic mass is 32.1. The lowest BCUT2D eigenvalue weighted by Crippen LogP contribution is -2.22. The van der Waals surface area contributed by atoms with Crippen LogP contribution >= 0.6 is 22.7 Å². The second-order valence-corrected chi connectivity index (χ2v) is 8.41. The monoisotopic (exact) mass is 326 g/mol. The zero-order valence-electron chi connectivity index (χ0n) is 13.6. The molecule has 114 valence electrons. The molecule has 2 aromatic heterocycles. The van der Waals surface area contributed by atoms with Crippen LogP contribution < -0.4 is 0 Å². The van der Waals surface area contributed by atoms with Crippen LogP contribution in [0.2, 0.25) is 0 Å². The van der Waals surface area contributed by atoms with Crippen molar-refractivity contribution >= 4 is 22.7 Å². The SMILES string of the molecule is CC(C)(c1ccsc1)c1cccc(C(C)(C)c2ccsc2)c1. The molecule has 22 heavy (non-hydrogen) atoms. The van der Waals surface area contributed by atoms with E-state index in [9.17, 15) is 0 Å². The quantitative estimate of drug-likeness (QED) is 0.516. The molecule has 2 heterocycles. The predicted molar refractivity (Wildman–Crippen MR) is 99.3 cm³/mol. The van der Waals surface area contributed by atoms with Gasteiger partial charge in [0, 0.05) is 10.8 Å². The minimum absolute atomic E-state index is 0.0424. The molecule has 0 aliphatic carbocycles. The molecule has 0 spiro atoms. The van der Waals surface area contributed by atoms with E-state index in [1.165, 1.54) is 22.3 Å². The Morgan fingerprint density at radius 3 is 1.45 bits per heavy atom. The Labute approximate surface area is 141 Å². The third-order valence-corrected chi connectivity index (χ3v) is 6.16. The molecule has 0 aliphatic rings. The van der Waals surface area contributed by atoms with Gasteiger partial charge in [0.2, 0.25) is 0 Å². The van der Waals surface area contributed by atoms with Crippen LogP contribution in [0.5, 0.6) is 0 Å². The van der Waals surface area contributed by atoms with E-state index in [1.807, 2.05) is 0 Å². The van der Waals surface area contributed by atoms with E-state index in [0.29, 0.717) is 0 Å². The first kappa shape index (κ1) is 15.5. The summed E-state index contributed by atoms with van der Waals surface area (Å²) in [5.41, 5.74) is 5.63. The summed E-state index contributed by atoms with van der Waals surface area (Å²) in [6, 6.07) is 13.6. The highest BCUT2D eigenvalue weighted by Crippen LogP contribution is 2.37. The van der Waals surface area contributed by atoms with Gasteiger partial charge in [-0.05, 0) is 55.9 Å². The molecule has 3 aromatic rings. The van der Waals surface area contributed by atoms with Crippen molar-refractivity contribution in [1.82, 2.24) is 0 Å². The summed E-state index contributed by atoms with van der Waals surface area (Å²) in [5.74, 6) is 0. The lowest BCUT2D eigenvalue weighted by atomic mass is 9.74. The average Bonchev–Trinajstić information content (AvgIpc) is 3.20. The minimum Gasteiger partial charge on any atom is -0.152 e. The molecule has 0 fully saturated rings. The Bertz CT molecular complexity index is 670. The summed E-state index contributed by atoms with van der Waals surface area (Å²) >= 11 is 3.54. The first-order chi connectivity index (χ1) is 10.4. The maximum Gasteiger partial charge on any atom is 0.0154 e. The normalized spacial score (nSPS) is 12.5. The first-order valence-electron chi connectivity index (χ1n) is 7.59. The molecule has 0 bridgehead atoms. The lowest BCUT2D eigenvalue weighted by molar-refractivity contribution is 0.620. The molecule has 1 aromatic carbocycles. The van der Waals surface area contributed by atoms with Crippen molar-refractivity contribution in [2.24, 2.45) is 0 Å². The van der Waals surface area contributed by atoms with Gasteiger partial charge in [-0.25, -0.2) is 0 Å². The third kappa shape index (κ3) is 2.66. The maximum absolute atomic E-state index is 2.38. The van der Waals surface area contributed by atoms with Crippen LogP contribution in [0.1, 0.15) is 49.9 Å². The fourth-order valence-electron chi connectivity index (χ4n) is 2.87. The van der Waals surface area contributed by atoms with E-state index in [4.69, 9.17) is 0 Å². The lowest BCUT2D eigenvalue weighted by Gasteiger charge is -2.29. The van der Waals surface area contributed by atoms with Crippen LogP contribution in [0, 0.1) is 0 Å². The van der Waals surface area contributed by atoms with Crippen molar-refractivity contribution in [3.8, 4) is 0 Å². The van der Waals surface area contributed by atoms with Crippen LogP contribution in [0.4, 0.5) is 0 Å². The van der Waals surface area contributed by atoms with Crippen LogP contribution in [0.3, 0.4) is 0 Å². The number of benzene rings is 1. The van der Waals surface area contributed by atoms with Gasteiger partial charge in [0.25, 0.3) is 0 Å². The van der Waals surface area contributed by atoms with Gasteiger partial charge in [0.05, 0.1) is 0 Å². The van der Waals surface area contributed by atoms with Gasteiger partial charge in [-0.3, -0.25) is 0 Å². The summed E-state index contributed by atoms with van der Waals surface area (Å²) in [7, 11) is 0. The van der Waals surface area contributed by atoms with Crippen LogP contribution in [-0.2, 0) is 10.8 Å². The Kier molecular flexibility index (Phi) is 4.00. The van der Waals surface area contributed by atoms with Crippen LogP contribution in [0.15, 0.2) is 57.9 Å². The van der Waals surface area contributed by atoms with Crippen molar-refractivity contribution in [3.05, 3.63) is 80.2 Å². The van der Waals surface area contributed by atoms with Gasteiger partial charge in [0.1, 0.15) is 0 Å². The molecule has 0 unspecified atom stereocenters. The summed E-state index contributed by atoms with van der Waals surface area (Å²) in [6.45, 7) is 9.25. The Hall–Kier alpha value is -1.38. The fourth-order valence-corrected chi connectivity index (χ4v) is 4.52. The summed E-state index contributed by atoms with van der Waals surface area (Å²) < 4.78 is 0. The summed E-state index contributed by atoms with van der Waals surface area (Å²) in [5, 5.41) is 8.85. The fraction of sp³-hybridized carbons (Fsp3) is 0.300. The Morgan fingerprint density at radius 1 is 0.636 bits per heavy atom. The molecule has 0 nitrogen and oxygen atoms in total.